The normalized spacial score (nSPS) is 26.1. The molecule has 1 aliphatic carbocycles. The molecule has 4 heteroatoms. The molecule has 1 N–H and O–H groups in total. The molecule has 1 saturated heterocycles. The maximum absolute atomic E-state index is 11.5. The zero-order valence-electron chi connectivity index (χ0n) is 11.5. The molecule has 0 radical (unpaired) electrons. The Hall–Kier alpha value is -0.770. The van der Waals surface area contributed by atoms with Crippen molar-refractivity contribution in [3.8, 4) is 0 Å². The minimum Gasteiger partial charge on any atom is -0.453 e. The molecule has 1 saturated carbocycles. The monoisotopic (exact) mass is 254 g/mol. The smallest absolute Gasteiger partial charge is 0.409 e. The molecule has 1 amide bonds. The molecular weight excluding hydrogens is 228 g/mol. The van der Waals surface area contributed by atoms with Crippen LogP contribution in [0.1, 0.15) is 44.9 Å². The van der Waals surface area contributed by atoms with E-state index in [4.69, 9.17) is 4.74 Å². The fourth-order valence-electron chi connectivity index (χ4n) is 3.16. The molecule has 1 atom stereocenters. The number of carbonyl (C=O) groups is 1. The van der Waals surface area contributed by atoms with Crippen LogP contribution in [0.5, 0.6) is 0 Å². The van der Waals surface area contributed by atoms with Gasteiger partial charge < -0.3 is 15.0 Å². The Labute approximate surface area is 110 Å². The Morgan fingerprint density at radius 2 is 2.00 bits per heavy atom. The summed E-state index contributed by atoms with van der Waals surface area (Å²) in [6.45, 7) is 2.77. The van der Waals surface area contributed by atoms with Crippen LogP contribution >= 0.6 is 0 Å². The van der Waals surface area contributed by atoms with Crippen molar-refractivity contribution in [2.24, 2.45) is 5.92 Å². The van der Waals surface area contributed by atoms with Gasteiger partial charge in [-0.25, -0.2) is 4.79 Å². The highest BCUT2D eigenvalue weighted by Crippen LogP contribution is 2.23. The number of hydrogen-bond acceptors (Lipinski definition) is 3. The Morgan fingerprint density at radius 3 is 2.72 bits per heavy atom. The lowest BCUT2D eigenvalue weighted by atomic mass is 9.89. The molecule has 1 aliphatic heterocycles. The topological polar surface area (TPSA) is 41.6 Å². The summed E-state index contributed by atoms with van der Waals surface area (Å²) < 4.78 is 4.79. The van der Waals surface area contributed by atoms with Gasteiger partial charge in [0.15, 0.2) is 0 Å². The fraction of sp³-hybridized carbons (Fsp3) is 0.929. The van der Waals surface area contributed by atoms with Gasteiger partial charge in [0.1, 0.15) is 0 Å². The van der Waals surface area contributed by atoms with Gasteiger partial charge in [-0.2, -0.15) is 0 Å². The highest BCUT2D eigenvalue weighted by atomic mass is 16.5. The van der Waals surface area contributed by atoms with Crippen molar-refractivity contribution in [2.45, 2.75) is 51.0 Å². The van der Waals surface area contributed by atoms with E-state index >= 15 is 0 Å². The summed E-state index contributed by atoms with van der Waals surface area (Å²) in [5, 5.41) is 3.65. The lowest BCUT2D eigenvalue weighted by molar-refractivity contribution is 0.106. The van der Waals surface area contributed by atoms with Crippen molar-refractivity contribution in [2.75, 3.05) is 26.7 Å². The number of likely N-dealkylation sites (tertiary alicyclic amines) is 1. The van der Waals surface area contributed by atoms with Crippen LogP contribution in [-0.4, -0.2) is 43.8 Å². The van der Waals surface area contributed by atoms with Gasteiger partial charge in [-0.05, 0) is 38.1 Å². The standard InChI is InChI=1S/C14H26N2O2/c1-18-14(17)16-9-5-8-13(11-16)15-10-12-6-3-2-4-7-12/h12-13,15H,2-11H2,1H3. The zero-order chi connectivity index (χ0) is 12.8. The SMILES string of the molecule is COC(=O)N1CCCC(NCC2CCCCC2)C1. The Morgan fingerprint density at radius 1 is 1.22 bits per heavy atom. The summed E-state index contributed by atoms with van der Waals surface area (Å²) in [4.78, 5) is 13.3. The molecule has 104 valence electrons. The molecule has 2 rings (SSSR count). The first-order valence-corrected chi connectivity index (χ1v) is 7.36. The molecule has 0 bridgehead atoms. The van der Waals surface area contributed by atoms with Crippen LogP contribution in [0.3, 0.4) is 0 Å². The Kier molecular flexibility index (Phi) is 5.29. The summed E-state index contributed by atoms with van der Waals surface area (Å²) in [6, 6.07) is 0.458. The molecule has 0 aromatic rings. The Balaban J connectivity index is 1.70. The fourth-order valence-corrected chi connectivity index (χ4v) is 3.16. The number of nitrogens with zero attached hydrogens (tertiary/aromatic N) is 1. The first-order chi connectivity index (χ1) is 8.79. The molecule has 1 unspecified atom stereocenters. The summed E-state index contributed by atoms with van der Waals surface area (Å²) >= 11 is 0. The van der Waals surface area contributed by atoms with E-state index in [2.05, 4.69) is 5.32 Å². The lowest BCUT2D eigenvalue weighted by Gasteiger charge is -2.33. The third kappa shape index (κ3) is 3.87. The van der Waals surface area contributed by atoms with E-state index in [0.717, 1.165) is 32.0 Å². The van der Waals surface area contributed by atoms with Crippen molar-refractivity contribution in [3.63, 3.8) is 0 Å². The second-order valence-electron chi connectivity index (χ2n) is 5.67. The van der Waals surface area contributed by atoms with Gasteiger partial charge in [0.05, 0.1) is 7.11 Å². The number of piperidine rings is 1. The molecule has 18 heavy (non-hydrogen) atoms. The minimum absolute atomic E-state index is 0.181. The van der Waals surface area contributed by atoms with Crippen LogP contribution in [0.25, 0.3) is 0 Å². The third-order valence-corrected chi connectivity index (χ3v) is 4.27. The number of rotatable bonds is 3. The molecule has 0 aromatic heterocycles. The third-order valence-electron chi connectivity index (χ3n) is 4.27. The Bertz CT molecular complexity index is 265. The van der Waals surface area contributed by atoms with E-state index in [-0.39, 0.29) is 6.09 Å². The van der Waals surface area contributed by atoms with Crippen LogP contribution in [0.15, 0.2) is 0 Å². The summed E-state index contributed by atoms with van der Waals surface area (Å²) in [7, 11) is 1.46. The van der Waals surface area contributed by atoms with Gasteiger partial charge in [-0.15, -0.1) is 0 Å². The van der Waals surface area contributed by atoms with Gasteiger partial charge in [-0.1, -0.05) is 19.3 Å². The first kappa shape index (κ1) is 13.7. The first-order valence-electron chi connectivity index (χ1n) is 7.36. The predicted octanol–water partition coefficient (Wildman–Crippen LogP) is 2.39. The van der Waals surface area contributed by atoms with Gasteiger partial charge in [0, 0.05) is 19.1 Å². The highest BCUT2D eigenvalue weighted by molar-refractivity contribution is 5.67. The van der Waals surface area contributed by atoms with E-state index in [0.29, 0.717) is 6.04 Å². The lowest BCUT2D eigenvalue weighted by Crippen LogP contribution is -2.49. The van der Waals surface area contributed by atoms with Crippen molar-refractivity contribution < 1.29 is 9.53 Å². The van der Waals surface area contributed by atoms with Gasteiger partial charge in [-0.3, -0.25) is 0 Å². The number of amides is 1. The van der Waals surface area contributed by atoms with E-state index in [1.54, 1.807) is 0 Å². The van der Waals surface area contributed by atoms with Crippen LogP contribution in [0.2, 0.25) is 0 Å². The molecular formula is C14H26N2O2. The van der Waals surface area contributed by atoms with Crippen LogP contribution in [0, 0.1) is 5.92 Å². The van der Waals surface area contributed by atoms with Crippen molar-refractivity contribution in [3.05, 3.63) is 0 Å². The second-order valence-corrected chi connectivity index (χ2v) is 5.67. The number of hydrogen-bond donors (Lipinski definition) is 1. The number of carbonyl (C=O) groups excluding carboxylic acids is 1. The molecule has 0 aromatic carbocycles. The van der Waals surface area contributed by atoms with Gasteiger partial charge in [0.25, 0.3) is 0 Å². The largest absolute Gasteiger partial charge is 0.453 e. The second kappa shape index (κ2) is 6.98. The average Bonchev–Trinajstić information content (AvgIpc) is 2.45. The quantitative estimate of drug-likeness (QED) is 0.841. The van der Waals surface area contributed by atoms with Crippen LogP contribution in [0.4, 0.5) is 4.79 Å². The van der Waals surface area contributed by atoms with Crippen molar-refractivity contribution in [1.82, 2.24) is 10.2 Å². The molecule has 0 spiro atoms. The molecule has 2 fully saturated rings. The maximum atomic E-state index is 11.5. The predicted molar refractivity (Wildman–Crippen MR) is 71.6 cm³/mol. The summed E-state index contributed by atoms with van der Waals surface area (Å²) in [5.41, 5.74) is 0. The van der Waals surface area contributed by atoms with E-state index < -0.39 is 0 Å². The summed E-state index contributed by atoms with van der Waals surface area (Å²) in [5.74, 6) is 0.854. The number of methoxy groups -OCH3 is 1. The van der Waals surface area contributed by atoms with Crippen LogP contribution < -0.4 is 5.32 Å². The van der Waals surface area contributed by atoms with Crippen molar-refractivity contribution >= 4 is 6.09 Å². The van der Waals surface area contributed by atoms with Gasteiger partial charge in [0.2, 0.25) is 0 Å². The number of ether oxygens (including phenoxy) is 1. The average molecular weight is 254 g/mol. The van der Waals surface area contributed by atoms with Crippen molar-refractivity contribution in [1.29, 1.82) is 0 Å². The minimum atomic E-state index is -0.181. The van der Waals surface area contributed by atoms with E-state index in [9.17, 15) is 4.79 Å². The molecule has 4 nitrogen and oxygen atoms in total. The van der Waals surface area contributed by atoms with E-state index in [1.165, 1.54) is 45.6 Å². The highest BCUT2D eigenvalue weighted by Gasteiger charge is 2.24. The van der Waals surface area contributed by atoms with E-state index in [1.807, 2.05) is 4.90 Å². The van der Waals surface area contributed by atoms with Gasteiger partial charge >= 0.3 is 6.09 Å². The molecule has 1 heterocycles. The van der Waals surface area contributed by atoms with Crippen LogP contribution in [-0.2, 0) is 4.74 Å². The summed E-state index contributed by atoms with van der Waals surface area (Å²) in [6.07, 6.45) is 9.03. The number of nitrogens with one attached hydrogen (secondary N) is 1. The zero-order valence-corrected chi connectivity index (χ0v) is 11.5. The maximum Gasteiger partial charge on any atom is 0.409 e. The molecule has 2 aliphatic rings.